The molecule has 0 spiro atoms. The number of anilines is 2. The van der Waals surface area contributed by atoms with Gasteiger partial charge in [-0.2, -0.15) is 0 Å². The number of amides is 2. The van der Waals surface area contributed by atoms with Gasteiger partial charge in [-0.1, -0.05) is 23.2 Å². The Morgan fingerprint density at radius 3 is 1.44 bits per heavy atom. The number of rotatable bonds is 10. The lowest BCUT2D eigenvalue weighted by Crippen LogP contribution is -2.21. The van der Waals surface area contributed by atoms with Crippen LogP contribution >= 0.6 is 23.2 Å². The van der Waals surface area contributed by atoms with Gasteiger partial charge in [-0.25, -0.2) is 0 Å². The Morgan fingerprint density at radius 2 is 1.02 bits per heavy atom. The summed E-state index contributed by atoms with van der Waals surface area (Å²) >= 11 is 11.8. The highest BCUT2D eigenvalue weighted by Crippen LogP contribution is 2.29. The lowest BCUT2D eigenvalue weighted by atomic mass is 9.84. The zero-order valence-electron chi connectivity index (χ0n) is 27.9. The summed E-state index contributed by atoms with van der Waals surface area (Å²) in [5.41, 5.74) is 5.22. The van der Waals surface area contributed by atoms with E-state index in [2.05, 4.69) is 15.6 Å². The molecule has 0 fully saturated rings. The highest BCUT2D eigenvalue weighted by atomic mass is 35.5. The van der Waals surface area contributed by atoms with Crippen molar-refractivity contribution in [1.82, 2.24) is 4.98 Å². The van der Waals surface area contributed by atoms with Crippen LogP contribution in [0.1, 0.15) is 80.1 Å². The molecule has 252 valence electrons. The van der Waals surface area contributed by atoms with E-state index in [1.807, 2.05) is 0 Å². The molecule has 2 N–H and O–H groups in total. The van der Waals surface area contributed by atoms with E-state index in [0.717, 1.165) is 0 Å². The third-order valence-electron chi connectivity index (χ3n) is 8.37. The average molecular weight is 693 g/mol. The van der Waals surface area contributed by atoms with Gasteiger partial charge in [0.05, 0.1) is 11.9 Å². The first kappa shape index (κ1) is 38.0. The van der Waals surface area contributed by atoms with Crippen molar-refractivity contribution in [2.75, 3.05) is 10.6 Å². The van der Waals surface area contributed by atoms with Crippen molar-refractivity contribution in [2.24, 2.45) is 0 Å². The Bertz CT molecular complexity index is 1780. The smallest absolute Gasteiger partial charge is 0.224 e. The van der Waals surface area contributed by atoms with Gasteiger partial charge in [-0.05, 0) is 97.6 Å². The van der Waals surface area contributed by atoms with E-state index >= 15 is 0 Å². The topological polar surface area (TPSA) is 139 Å². The Hall–Kier alpha value is -4.47. The van der Waals surface area contributed by atoms with Crippen molar-refractivity contribution >= 4 is 69.5 Å². The van der Waals surface area contributed by atoms with E-state index < -0.39 is 0 Å². The molecule has 11 heteroatoms. The van der Waals surface area contributed by atoms with E-state index in [1.165, 1.54) is 0 Å². The minimum absolute atomic E-state index is 0.0723. The molecule has 0 saturated carbocycles. The molecular weight excluding hydrogens is 653 g/mol. The van der Waals surface area contributed by atoms with Crippen LogP contribution in [0.25, 0.3) is 0 Å². The molecule has 9 nitrogen and oxygen atoms in total. The van der Waals surface area contributed by atoms with Crippen LogP contribution in [0.4, 0.5) is 11.4 Å². The summed E-state index contributed by atoms with van der Waals surface area (Å²) in [6.45, 7) is 10.0. The Morgan fingerprint density at radius 1 is 0.604 bits per heavy atom. The second-order valence-corrected chi connectivity index (χ2v) is 12.6. The molecule has 0 saturated heterocycles. The van der Waals surface area contributed by atoms with Gasteiger partial charge in [0, 0.05) is 79.4 Å². The first-order valence-electron chi connectivity index (χ1n) is 15.5. The summed E-state index contributed by atoms with van der Waals surface area (Å²) in [6, 6.07) is 8.31. The maximum Gasteiger partial charge on any atom is 0.224 e. The predicted octanol–water partition coefficient (Wildman–Crippen LogP) is 7.90. The van der Waals surface area contributed by atoms with E-state index in [0.29, 0.717) is 91.7 Å². The molecular formula is C37H39Cl2N3O6. The van der Waals surface area contributed by atoms with Crippen molar-refractivity contribution in [3.8, 4) is 0 Å². The van der Waals surface area contributed by atoms with Crippen LogP contribution in [-0.4, -0.2) is 39.9 Å². The minimum atomic E-state index is -0.199. The minimum Gasteiger partial charge on any atom is -0.326 e. The van der Waals surface area contributed by atoms with Crippen molar-refractivity contribution in [2.45, 2.75) is 80.1 Å². The molecule has 1 heterocycles. The normalized spacial score (nSPS) is 15.2. The number of nitrogens with one attached hydrogen (secondary N) is 2. The second kappa shape index (κ2) is 17.1. The van der Waals surface area contributed by atoms with Crippen LogP contribution in [0, 0.1) is 0 Å². The van der Waals surface area contributed by atoms with Crippen LogP contribution in [0.15, 0.2) is 87.3 Å². The third kappa shape index (κ3) is 9.78. The van der Waals surface area contributed by atoms with Crippen molar-refractivity contribution in [3.05, 3.63) is 97.4 Å². The van der Waals surface area contributed by atoms with E-state index in [4.69, 9.17) is 23.2 Å². The van der Waals surface area contributed by atoms with Gasteiger partial charge < -0.3 is 10.6 Å². The summed E-state index contributed by atoms with van der Waals surface area (Å²) in [5, 5.41) is 6.35. The fraction of sp³-hybridized carbons (Fsp3) is 0.324. The van der Waals surface area contributed by atoms with Gasteiger partial charge in [0.25, 0.3) is 0 Å². The van der Waals surface area contributed by atoms with Gasteiger partial charge in [0.1, 0.15) is 0 Å². The largest absolute Gasteiger partial charge is 0.326 e. The summed E-state index contributed by atoms with van der Waals surface area (Å²) in [7, 11) is 0. The molecule has 48 heavy (non-hydrogen) atoms. The van der Waals surface area contributed by atoms with Gasteiger partial charge in [-0.15, -0.1) is 0 Å². The maximum atomic E-state index is 12.3. The Labute approximate surface area is 290 Å². The number of carbonyl (C=O) groups excluding carboxylic acids is 6. The van der Waals surface area contributed by atoms with Crippen molar-refractivity contribution < 1.29 is 28.8 Å². The molecule has 0 radical (unpaired) electrons. The van der Waals surface area contributed by atoms with Gasteiger partial charge in [0.2, 0.25) is 11.8 Å². The number of pyridine rings is 1. The number of allylic oxidation sites excluding steroid dienone is 8. The molecule has 1 aromatic carbocycles. The standard InChI is InChI=1S/C19H19Cl2NO3.C18H20N2O3/c1-10-11(2)19(25)16(12(3)18(10)24)5-4-6-17(23)22-15-8-13(20)7-14(21)9-15;1-11-12(2)18(23)15(13(3)17(11)22)7-4-8-16(21)20-14-6-5-9-19-10-14/h7-9H,4-6H2,1-3H3,(H,22,23);5-6,9-10H,4,7-8H2,1-3H3,(H,20,21). The van der Waals surface area contributed by atoms with Gasteiger partial charge >= 0.3 is 0 Å². The summed E-state index contributed by atoms with van der Waals surface area (Å²) < 4.78 is 0. The number of benzene rings is 1. The first-order valence-corrected chi connectivity index (χ1v) is 16.3. The highest BCUT2D eigenvalue weighted by Gasteiger charge is 2.28. The number of carbonyl (C=O) groups is 6. The van der Waals surface area contributed by atoms with Crippen LogP contribution in [-0.2, 0) is 28.8 Å². The van der Waals surface area contributed by atoms with E-state index in [1.54, 1.807) is 84.3 Å². The predicted molar refractivity (Wildman–Crippen MR) is 188 cm³/mol. The quantitative estimate of drug-likeness (QED) is 0.241. The fourth-order valence-corrected chi connectivity index (χ4v) is 5.80. The summed E-state index contributed by atoms with van der Waals surface area (Å²) in [6.07, 6.45) is 5.53. The maximum absolute atomic E-state index is 12.3. The highest BCUT2D eigenvalue weighted by molar-refractivity contribution is 6.35. The first-order chi connectivity index (χ1) is 22.6. The van der Waals surface area contributed by atoms with Crippen LogP contribution in [0.3, 0.4) is 0 Å². The lowest BCUT2D eigenvalue weighted by molar-refractivity contribution is -0.117. The molecule has 0 unspecified atom stereocenters. The third-order valence-corrected chi connectivity index (χ3v) is 8.81. The molecule has 4 rings (SSSR count). The number of hydrogen-bond donors (Lipinski definition) is 2. The lowest BCUT2D eigenvalue weighted by Gasteiger charge is -2.18. The monoisotopic (exact) mass is 691 g/mol. The van der Waals surface area contributed by atoms with Gasteiger partial charge in [-0.3, -0.25) is 33.8 Å². The molecule has 2 amide bonds. The molecule has 0 aliphatic heterocycles. The number of hydrogen-bond acceptors (Lipinski definition) is 7. The van der Waals surface area contributed by atoms with Gasteiger partial charge in [0.15, 0.2) is 23.1 Å². The molecule has 1 aromatic heterocycles. The number of aromatic nitrogens is 1. The molecule has 0 bridgehead atoms. The van der Waals surface area contributed by atoms with Crippen LogP contribution in [0.2, 0.25) is 10.0 Å². The van der Waals surface area contributed by atoms with Crippen molar-refractivity contribution in [3.63, 3.8) is 0 Å². The Balaban J connectivity index is 0.000000261. The summed E-state index contributed by atoms with van der Waals surface area (Å²) in [4.78, 5) is 76.7. The average Bonchev–Trinajstić information content (AvgIpc) is 3.04. The molecule has 2 aliphatic carbocycles. The van der Waals surface area contributed by atoms with Crippen LogP contribution < -0.4 is 10.6 Å². The number of nitrogens with zero attached hydrogens (tertiary/aromatic N) is 1. The summed E-state index contributed by atoms with van der Waals surface area (Å²) in [5.74, 6) is -0.671. The molecule has 2 aliphatic rings. The van der Waals surface area contributed by atoms with E-state index in [9.17, 15) is 28.8 Å². The van der Waals surface area contributed by atoms with Crippen LogP contribution in [0.5, 0.6) is 0 Å². The second-order valence-electron chi connectivity index (χ2n) is 11.7. The number of Topliss-reactive ketones (excluding diaryl/α,β-unsaturated/α-hetero) is 4. The SMILES string of the molecule is CC1=C(C)C(=O)C(CCCC(=O)Nc2cc(Cl)cc(Cl)c2)=C(C)C1=O.CC1=C(C)C(=O)C(CCCC(=O)Nc2cccnc2)=C(C)C1=O. The molecule has 2 aromatic rings. The number of ketones is 4. The molecule has 0 atom stereocenters. The zero-order valence-corrected chi connectivity index (χ0v) is 29.4. The Kier molecular flexibility index (Phi) is 13.5. The number of halogens is 2. The fourth-order valence-electron chi connectivity index (χ4n) is 5.27. The van der Waals surface area contributed by atoms with Crippen molar-refractivity contribution in [1.29, 1.82) is 0 Å². The van der Waals surface area contributed by atoms with E-state index in [-0.39, 0.29) is 47.8 Å². The zero-order chi connectivity index (χ0) is 35.7.